The van der Waals surface area contributed by atoms with Crippen molar-refractivity contribution in [3.63, 3.8) is 0 Å². The number of nitrogens with one attached hydrogen (secondary N) is 2. The lowest BCUT2D eigenvalue weighted by Crippen LogP contribution is -2.34. The molecule has 56 heavy (non-hydrogen) atoms. The van der Waals surface area contributed by atoms with Crippen LogP contribution in [-0.2, 0) is 9.59 Å². The Kier molecular flexibility index (Phi) is 10.6. The van der Waals surface area contributed by atoms with Gasteiger partial charge in [0.1, 0.15) is 17.8 Å². The summed E-state index contributed by atoms with van der Waals surface area (Å²) in [7, 11) is 0. The number of rotatable bonds is 11. The summed E-state index contributed by atoms with van der Waals surface area (Å²) in [6.45, 7) is 3.99. The van der Waals surface area contributed by atoms with Crippen LogP contribution in [0.3, 0.4) is 0 Å². The van der Waals surface area contributed by atoms with E-state index in [4.69, 9.17) is 0 Å². The number of hydrogen-bond acceptors (Lipinski definition) is 7. The van der Waals surface area contributed by atoms with Gasteiger partial charge >= 0.3 is 11.0 Å². The molecule has 0 aliphatic rings. The number of pyridine rings is 2. The van der Waals surface area contributed by atoms with Gasteiger partial charge in [-0.1, -0.05) is 121 Å². The van der Waals surface area contributed by atoms with Gasteiger partial charge in [-0.2, -0.15) is 9.88 Å². The highest BCUT2D eigenvalue weighted by molar-refractivity contribution is 7.19. The van der Waals surface area contributed by atoms with Crippen LogP contribution in [0.4, 0.5) is 10.3 Å². The summed E-state index contributed by atoms with van der Waals surface area (Å²) in [4.78, 5) is 43.7. The molecule has 8 rings (SSSR count). The Morgan fingerprint density at radius 2 is 1.18 bits per heavy atom. The molecule has 8 nitrogen and oxygen atoms in total. The van der Waals surface area contributed by atoms with Crippen molar-refractivity contribution in [1.29, 1.82) is 0 Å². The van der Waals surface area contributed by atoms with E-state index in [1.807, 2.05) is 170 Å². The molecule has 0 saturated heterocycles. The molecule has 274 valence electrons. The third kappa shape index (κ3) is 7.93. The third-order valence-electron chi connectivity index (χ3n) is 9.57. The number of benzene rings is 4. The summed E-state index contributed by atoms with van der Waals surface area (Å²) in [5.74, 6) is -1.46. The van der Waals surface area contributed by atoms with Crippen LogP contribution in [0.2, 0.25) is 0 Å². The average Bonchev–Trinajstić information content (AvgIpc) is 3.87. The van der Waals surface area contributed by atoms with Gasteiger partial charge in [0.2, 0.25) is 5.91 Å². The third-order valence-corrected chi connectivity index (χ3v) is 11.6. The van der Waals surface area contributed by atoms with Crippen LogP contribution in [0.1, 0.15) is 45.3 Å². The quantitative estimate of drug-likeness (QED) is 0.128. The van der Waals surface area contributed by atoms with Crippen molar-refractivity contribution in [3.05, 3.63) is 198 Å². The molecule has 2 amide bonds. The van der Waals surface area contributed by atoms with Crippen LogP contribution in [-0.4, -0.2) is 26.8 Å². The van der Waals surface area contributed by atoms with Gasteiger partial charge < -0.3 is 5.32 Å². The standard InChI is InChI=1S/C46H36N6O2S2/c1-30-24-25-47-27-38(30)39-28-49-45(55-39)50-43(53)42(34-16-10-5-11-17-34)35-20-22-37(23-21-35)52-29-40(36-19-18-31(2)48-26-36)56-46(52)51-44(54)41(32-12-6-3-7-13-32)33-14-8-4-9-15-33/h3-29,41-42H,1-2H3,(H,49,50,53)/p+1. The highest BCUT2D eigenvalue weighted by Gasteiger charge is 2.31. The minimum atomic E-state index is -0.601. The second-order valence-corrected chi connectivity index (χ2v) is 15.4. The molecule has 0 radical (unpaired) electrons. The van der Waals surface area contributed by atoms with Crippen molar-refractivity contribution in [1.82, 2.24) is 15.0 Å². The minimum absolute atomic E-state index is 0.145. The topological polar surface area (TPSA) is 101 Å². The Labute approximate surface area is 333 Å². The average molecular weight is 770 g/mol. The van der Waals surface area contributed by atoms with Crippen LogP contribution in [0.25, 0.3) is 26.6 Å². The zero-order valence-corrected chi connectivity index (χ0v) is 32.3. The first-order chi connectivity index (χ1) is 27.4. The SMILES string of the molecule is Cc1ccc(-c2c[n+](-c3ccc(C(C(=O)Nc4ncc(-c5cnccc5C)s4)c4ccccc4)cc3)c(NC(=O)C(c3ccccc3)c3ccccc3)s2)cn1. The lowest BCUT2D eigenvalue weighted by Gasteiger charge is -2.17. The predicted octanol–water partition coefficient (Wildman–Crippen LogP) is 9.76. The molecule has 0 aliphatic heterocycles. The maximum absolute atomic E-state index is 14.3. The van der Waals surface area contributed by atoms with Crippen LogP contribution in [0.5, 0.6) is 0 Å². The van der Waals surface area contributed by atoms with Crippen LogP contribution in [0, 0.1) is 13.8 Å². The fourth-order valence-electron chi connectivity index (χ4n) is 6.67. The predicted molar refractivity (Wildman–Crippen MR) is 224 cm³/mol. The zero-order chi connectivity index (χ0) is 38.4. The highest BCUT2D eigenvalue weighted by Crippen LogP contribution is 2.34. The molecule has 4 aromatic heterocycles. The van der Waals surface area contributed by atoms with E-state index in [0.29, 0.717) is 10.3 Å². The first-order valence-corrected chi connectivity index (χ1v) is 19.8. The maximum atomic E-state index is 14.3. The Hall–Kier alpha value is -6.62. The van der Waals surface area contributed by atoms with E-state index in [1.165, 1.54) is 22.7 Å². The van der Waals surface area contributed by atoms with Gasteiger partial charge in [0.05, 0.1) is 15.7 Å². The molecule has 0 fully saturated rings. The number of amides is 2. The van der Waals surface area contributed by atoms with Gasteiger partial charge in [-0.3, -0.25) is 14.8 Å². The summed E-state index contributed by atoms with van der Waals surface area (Å²) >= 11 is 2.90. The van der Waals surface area contributed by atoms with E-state index in [0.717, 1.165) is 60.1 Å². The van der Waals surface area contributed by atoms with E-state index in [1.54, 1.807) is 12.4 Å². The van der Waals surface area contributed by atoms with E-state index in [9.17, 15) is 9.59 Å². The molecule has 0 spiro atoms. The van der Waals surface area contributed by atoms with Crippen molar-refractivity contribution in [2.45, 2.75) is 25.7 Å². The largest absolute Gasteiger partial charge is 0.347 e. The first-order valence-electron chi connectivity index (χ1n) is 18.1. The Bertz CT molecular complexity index is 2550. The fourth-order valence-corrected chi connectivity index (χ4v) is 8.58. The fraction of sp³-hybridized carbons (Fsp3) is 0.0870. The molecule has 0 bridgehead atoms. The van der Waals surface area contributed by atoms with Gasteiger partial charge in [-0.25, -0.2) is 9.78 Å². The van der Waals surface area contributed by atoms with Gasteiger partial charge in [0.25, 0.3) is 0 Å². The van der Waals surface area contributed by atoms with Crippen molar-refractivity contribution in [2.75, 3.05) is 10.6 Å². The number of nitrogens with zero attached hydrogens (tertiary/aromatic N) is 4. The van der Waals surface area contributed by atoms with Gasteiger partial charge in [-0.05, 0) is 77.3 Å². The normalized spacial score (nSPS) is 11.6. The van der Waals surface area contributed by atoms with Gasteiger partial charge in [-0.15, -0.1) is 0 Å². The Morgan fingerprint density at radius 1 is 0.589 bits per heavy atom. The molecule has 4 heterocycles. The molecule has 8 aromatic rings. The number of aryl methyl sites for hydroxylation is 2. The summed E-state index contributed by atoms with van der Waals surface area (Å²) < 4.78 is 1.99. The monoisotopic (exact) mass is 769 g/mol. The zero-order valence-electron chi connectivity index (χ0n) is 30.7. The highest BCUT2D eigenvalue weighted by atomic mass is 32.1. The number of carbonyl (C=O) groups is 2. The molecule has 0 aliphatic carbocycles. The summed E-state index contributed by atoms with van der Waals surface area (Å²) in [6, 6.07) is 43.3. The molecule has 4 aromatic carbocycles. The molecule has 0 saturated carbocycles. The number of hydrogen-bond donors (Lipinski definition) is 2. The van der Waals surface area contributed by atoms with E-state index in [-0.39, 0.29) is 11.8 Å². The van der Waals surface area contributed by atoms with Crippen molar-refractivity contribution in [3.8, 4) is 26.6 Å². The summed E-state index contributed by atoms with van der Waals surface area (Å²) in [5.41, 5.74) is 8.24. The second-order valence-electron chi connectivity index (χ2n) is 13.3. The number of carbonyl (C=O) groups excluding carboxylic acids is 2. The van der Waals surface area contributed by atoms with Crippen molar-refractivity contribution >= 4 is 44.8 Å². The van der Waals surface area contributed by atoms with Gasteiger partial charge in [0, 0.05) is 41.6 Å². The van der Waals surface area contributed by atoms with Crippen molar-refractivity contribution in [2.24, 2.45) is 0 Å². The smallest absolute Gasteiger partial charge is 0.301 e. The summed E-state index contributed by atoms with van der Waals surface area (Å²) in [5, 5.41) is 7.53. The van der Waals surface area contributed by atoms with Gasteiger partial charge in [0.15, 0.2) is 5.13 Å². The number of aromatic nitrogens is 4. The van der Waals surface area contributed by atoms with E-state index in [2.05, 4.69) is 25.6 Å². The van der Waals surface area contributed by atoms with Crippen molar-refractivity contribution < 1.29 is 14.2 Å². The Morgan fingerprint density at radius 3 is 1.75 bits per heavy atom. The first kappa shape index (κ1) is 36.4. The molecule has 10 heteroatoms. The molecule has 2 N–H and O–H groups in total. The van der Waals surface area contributed by atoms with Crippen LogP contribution >= 0.6 is 22.7 Å². The van der Waals surface area contributed by atoms with Crippen LogP contribution in [0.15, 0.2) is 164 Å². The molecule has 1 unspecified atom stereocenters. The maximum Gasteiger partial charge on any atom is 0.347 e. The lowest BCUT2D eigenvalue weighted by molar-refractivity contribution is -0.575. The number of anilines is 2. The molecular formula is C46H37N6O2S2+. The van der Waals surface area contributed by atoms with E-state index >= 15 is 0 Å². The second kappa shape index (κ2) is 16.4. The minimum Gasteiger partial charge on any atom is -0.301 e. The Balaban J connectivity index is 1.13. The molecular weight excluding hydrogens is 733 g/mol. The number of thiazole rings is 2. The van der Waals surface area contributed by atoms with E-state index < -0.39 is 11.8 Å². The molecule has 1 atom stereocenters. The lowest BCUT2D eigenvalue weighted by atomic mass is 9.90. The van der Waals surface area contributed by atoms with Crippen LogP contribution < -0.4 is 15.2 Å². The summed E-state index contributed by atoms with van der Waals surface area (Å²) in [6.07, 6.45) is 9.22.